The van der Waals surface area contributed by atoms with Gasteiger partial charge in [0.15, 0.2) is 0 Å². The van der Waals surface area contributed by atoms with Crippen LogP contribution in [-0.4, -0.2) is 16.1 Å². The van der Waals surface area contributed by atoms with Crippen molar-refractivity contribution >= 4 is 17.5 Å². The molecule has 4 N–H and O–H groups in total. The number of carbonyl (C=O) groups is 1. The standard InChI is InChI=1S/CH2O2.CH3.H2N.HO3S.Zn/c2-1-3;;;1-4(2)3;/h1H,(H,2,3);1H3;1H2;(H,1,2,3);/q;3*-1;. The molecule has 0 aromatic heterocycles. The first-order valence-electron chi connectivity index (χ1n) is 1.01. The number of hydrogen-bond donors (Lipinski definition) is 2. The second kappa shape index (κ2) is 36.2. The zero-order chi connectivity index (χ0) is 6.28. The van der Waals surface area contributed by atoms with Crippen LogP contribution in [0.1, 0.15) is 0 Å². The smallest absolute Gasteiger partial charge is 0.290 e. The van der Waals surface area contributed by atoms with Crippen LogP contribution in [0.4, 0.5) is 0 Å². The van der Waals surface area contributed by atoms with E-state index < -0.39 is 11.0 Å². The van der Waals surface area contributed by atoms with Crippen LogP contribution in [-0.2, 0) is 43.7 Å². The Bertz CT molecular complexity index is 95.8. The third-order valence-corrected chi connectivity index (χ3v) is 0. The summed E-state index contributed by atoms with van der Waals surface area (Å²) in [6.45, 7) is -0.250. The fraction of sp³-hybridized carbons (Fsp3) is 0. The molecule has 6 nitrogen and oxygen atoms in total. The molecular weight excluding hydrogens is 215 g/mol. The quantitative estimate of drug-likeness (QED) is 0.156. The van der Waals surface area contributed by atoms with E-state index in [-0.39, 0.29) is 39.5 Å². The van der Waals surface area contributed by atoms with Gasteiger partial charge in [0.05, 0.1) is 0 Å². The van der Waals surface area contributed by atoms with Gasteiger partial charge in [0.1, 0.15) is 0 Å². The maximum absolute atomic E-state index is 8.56. The number of nitrogens with two attached hydrogens (primary N) is 1. The van der Waals surface area contributed by atoms with E-state index in [9.17, 15) is 0 Å². The fourth-order valence-corrected chi connectivity index (χ4v) is 0. The molecule has 62 valence electrons. The van der Waals surface area contributed by atoms with E-state index in [1.54, 1.807) is 0 Å². The van der Waals surface area contributed by atoms with Gasteiger partial charge in [-0.2, -0.15) is 0 Å². The fourth-order valence-electron chi connectivity index (χ4n) is 0. The van der Waals surface area contributed by atoms with Gasteiger partial charge in [0, 0.05) is 30.5 Å². The molecule has 0 unspecified atom stereocenters. The van der Waals surface area contributed by atoms with E-state index in [2.05, 4.69) is 0 Å². The van der Waals surface area contributed by atoms with Gasteiger partial charge in [-0.05, 0) is 0 Å². The van der Waals surface area contributed by atoms with Gasteiger partial charge < -0.3 is 31.7 Å². The molecule has 0 saturated carbocycles. The Morgan fingerprint density at radius 3 is 1.30 bits per heavy atom. The Kier molecular flexibility index (Phi) is 118. The van der Waals surface area contributed by atoms with Crippen molar-refractivity contribution < 1.29 is 42.3 Å². The zero-order valence-corrected chi connectivity index (χ0v) is 9.17. The van der Waals surface area contributed by atoms with Crippen LogP contribution in [0.5, 0.6) is 0 Å². The van der Waals surface area contributed by atoms with Crippen LogP contribution in [0.15, 0.2) is 0 Å². The Hall–Kier alpha value is -0.0366. The van der Waals surface area contributed by atoms with Crippen molar-refractivity contribution in [3.05, 3.63) is 13.6 Å². The van der Waals surface area contributed by atoms with Crippen LogP contribution in [0, 0.1) is 7.43 Å². The van der Waals surface area contributed by atoms with Crippen LogP contribution in [0.3, 0.4) is 0 Å². The van der Waals surface area contributed by atoms with Gasteiger partial charge in [0.2, 0.25) is 0 Å². The predicted molar refractivity (Wildman–Crippen MR) is 31.8 cm³/mol. The summed E-state index contributed by atoms with van der Waals surface area (Å²) in [5.41, 5.74) is 0. The van der Waals surface area contributed by atoms with Crippen molar-refractivity contribution in [1.82, 2.24) is 0 Å². The molecule has 0 aromatic rings. The summed E-state index contributed by atoms with van der Waals surface area (Å²) in [4.78, 5) is 8.36. The van der Waals surface area contributed by atoms with Crippen molar-refractivity contribution in [3.63, 3.8) is 0 Å². The summed E-state index contributed by atoms with van der Waals surface area (Å²) >= 11 is 0. The maximum atomic E-state index is 8.56. The van der Waals surface area contributed by atoms with E-state index in [1.807, 2.05) is 0 Å². The summed E-state index contributed by atoms with van der Waals surface area (Å²) < 4.78 is 24.1. The first kappa shape index (κ1) is 32.5. The molecule has 10 heavy (non-hydrogen) atoms. The average molecular weight is 224 g/mol. The topological polar surface area (TPSA) is 125 Å². The number of carboxylic acid groups (broad SMARTS) is 1. The van der Waals surface area contributed by atoms with Gasteiger partial charge in [-0.25, -0.2) is 0 Å². The van der Waals surface area contributed by atoms with Crippen molar-refractivity contribution in [2.75, 3.05) is 0 Å². The second-order valence-corrected chi connectivity index (χ2v) is 0.757. The summed E-state index contributed by atoms with van der Waals surface area (Å²) in [7, 11) is -2.86. The molecule has 0 spiro atoms. The molecule has 0 radical (unpaired) electrons. The molecule has 0 bridgehead atoms. The van der Waals surface area contributed by atoms with Gasteiger partial charge in [-0.1, -0.05) is 0 Å². The van der Waals surface area contributed by atoms with E-state index in [1.165, 1.54) is 0 Å². The minimum absolute atomic E-state index is 0. The molecular formula is C2H8NO5SZn-3. The summed E-state index contributed by atoms with van der Waals surface area (Å²) in [5.74, 6) is 0. The van der Waals surface area contributed by atoms with Crippen LogP contribution >= 0.6 is 0 Å². The maximum Gasteiger partial charge on any atom is 0.290 e. The van der Waals surface area contributed by atoms with Gasteiger partial charge >= 0.3 is 0 Å². The molecule has 0 aromatic carbocycles. The minimum atomic E-state index is -2.86. The van der Waals surface area contributed by atoms with Crippen LogP contribution in [0.2, 0.25) is 0 Å². The summed E-state index contributed by atoms with van der Waals surface area (Å²) in [5, 5.41) is 6.89. The number of rotatable bonds is 0. The minimum Gasteiger partial charge on any atom is -0.693 e. The van der Waals surface area contributed by atoms with E-state index in [0.717, 1.165) is 0 Å². The van der Waals surface area contributed by atoms with Crippen LogP contribution in [0.25, 0.3) is 6.15 Å². The third-order valence-electron chi connectivity index (χ3n) is 0. The van der Waals surface area contributed by atoms with Gasteiger partial charge in [-0.15, -0.1) is 0 Å². The molecule has 0 fully saturated rings. The average Bonchev–Trinajstić information content (AvgIpc) is 1.33. The normalized spacial score (nSPS) is 4.60. The van der Waals surface area contributed by atoms with Gasteiger partial charge in [0.25, 0.3) is 6.47 Å². The van der Waals surface area contributed by atoms with E-state index in [4.69, 9.17) is 22.9 Å². The molecule has 0 saturated heterocycles. The summed E-state index contributed by atoms with van der Waals surface area (Å²) in [6.07, 6.45) is 0. The first-order valence-corrected chi connectivity index (χ1v) is 2.04. The molecule has 0 aliphatic rings. The van der Waals surface area contributed by atoms with Crippen molar-refractivity contribution in [2.45, 2.75) is 0 Å². The van der Waals surface area contributed by atoms with E-state index >= 15 is 0 Å². The SMILES string of the molecule is O=CO.O=[S-](=O)O.[CH3-].[NH2-].[Zn]. The predicted octanol–water partition coefficient (Wildman–Crippen LogP) is 0.634. The zero-order valence-electron chi connectivity index (χ0n) is 5.39. The Morgan fingerprint density at radius 2 is 1.30 bits per heavy atom. The molecule has 8 heteroatoms. The molecule has 0 amide bonds. The second-order valence-electron chi connectivity index (χ2n) is 0.323. The Balaban J connectivity index is -0.0000000131. The summed E-state index contributed by atoms with van der Waals surface area (Å²) in [6, 6.07) is 0. The molecule has 0 aliphatic heterocycles. The molecule has 0 atom stereocenters. The Morgan fingerprint density at radius 1 is 1.30 bits per heavy atom. The molecule has 0 heterocycles. The molecule has 0 aliphatic carbocycles. The van der Waals surface area contributed by atoms with Gasteiger partial charge in [-0.3, -0.25) is 4.79 Å². The largest absolute Gasteiger partial charge is 0.693 e. The van der Waals surface area contributed by atoms with Crippen molar-refractivity contribution in [3.8, 4) is 0 Å². The number of hydrogen-bond acceptors (Lipinski definition) is 4. The third kappa shape index (κ3) is 288000. The van der Waals surface area contributed by atoms with E-state index in [0.29, 0.717) is 0 Å². The van der Waals surface area contributed by atoms with Crippen molar-refractivity contribution in [1.29, 1.82) is 0 Å². The monoisotopic (exact) mass is 222 g/mol. The van der Waals surface area contributed by atoms with Crippen molar-refractivity contribution in [2.24, 2.45) is 0 Å². The van der Waals surface area contributed by atoms with Crippen LogP contribution < -0.4 is 0 Å². The first-order chi connectivity index (χ1) is 3.15. The Labute approximate surface area is 73.8 Å². The molecule has 0 rings (SSSR count).